The fourth-order valence-corrected chi connectivity index (χ4v) is 2.63. The number of carbonyl (C=O) groups excluding carboxylic acids is 1. The molecule has 2 rings (SSSR count). The smallest absolute Gasteiger partial charge is 0.303 e. The zero-order valence-electron chi connectivity index (χ0n) is 14.3. The maximum atomic E-state index is 12.3. The van der Waals surface area contributed by atoms with Crippen molar-refractivity contribution in [3.05, 3.63) is 65.7 Å². The normalized spacial score (nSPS) is 11.6. The number of nitrogens with one attached hydrogen (secondary N) is 1. The number of benzene rings is 2. The number of rotatable bonds is 9. The summed E-state index contributed by atoms with van der Waals surface area (Å²) in [6.07, 6.45) is 1.30. The van der Waals surface area contributed by atoms with E-state index < -0.39 is 5.97 Å². The van der Waals surface area contributed by atoms with Crippen molar-refractivity contribution in [3.8, 4) is 5.75 Å². The number of carbonyl (C=O) groups is 2. The van der Waals surface area contributed by atoms with Gasteiger partial charge in [-0.25, -0.2) is 0 Å². The third-order valence-corrected chi connectivity index (χ3v) is 3.92. The third-order valence-electron chi connectivity index (χ3n) is 3.92. The lowest BCUT2D eigenvalue weighted by Crippen LogP contribution is -2.37. The van der Waals surface area contributed by atoms with Crippen LogP contribution in [0.1, 0.15) is 24.0 Å². The van der Waals surface area contributed by atoms with E-state index in [9.17, 15) is 9.59 Å². The topological polar surface area (TPSA) is 75.6 Å². The summed E-state index contributed by atoms with van der Waals surface area (Å²) in [5.74, 6) is -0.230. The molecule has 0 aliphatic carbocycles. The highest BCUT2D eigenvalue weighted by Gasteiger charge is 2.15. The fourth-order valence-electron chi connectivity index (χ4n) is 2.63. The van der Waals surface area contributed by atoms with Crippen molar-refractivity contribution < 1.29 is 19.4 Å². The van der Waals surface area contributed by atoms with Gasteiger partial charge in [0, 0.05) is 12.5 Å². The lowest BCUT2D eigenvalue weighted by molar-refractivity contribution is -0.137. The van der Waals surface area contributed by atoms with E-state index in [-0.39, 0.29) is 24.8 Å². The van der Waals surface area contributed by atoms with Crippen molar-refractivity contribution in [2.75, 3.05) is 7.11 Å². The molecule has 0 radical (unpaired) electrons. The van der Waals surface area contributed by atoms with Crippen molar-refractivity contribution >= 4 is 11.9 Å². The van der Waals surface area contributed by atoms with Gasteiger partial charge in [-0.3, -0.25) is 9.59 Å². The molecule has 1 unspecified atom stereocenters. The Kier molecular flexibility index (Phi) is 7.01. The lowest BCUT2D eigenvalue weighted by Gasteiger charge is -2.18. The molecule has 0 aromatic heterocycles. The van der Waals surface area contributed by atoms with Gasteiger partial charge in [0.1, 0.15) is 5.75 Å². The van der Waals surface area contributed by atoms with E-state index in [0.717, 1.165) is 16.9 Å². The molecule has 2 N–H and O–H groups in total. The summed E-state index contributed by atoms with van der Waals surface area (Å²) in [6.45, 7) is 0. The molecule has 0 aliphatic rings. The van der Waals surface area contributed by atoms with E-state index in [1.165, 1.54) is 0 Å². The molecule has 0 saturated heterocycles. The van der Waals surface area contributed by atoms with Crippen LogP contribution >= 0.6 is 0 Å². The van der Waals surface area contributed by atoms with Crippen LogP contribution in [0.5, 0.6) is 5.75 Å². The molecule has 2 aromatic rings. The van der Waals surface area contributed by atoms with E-state index in [1.807, 2.05) is 54.6 Å². The lowest BCUT2D eigenvalue weighted by atomic mass is 10.0. The SMILES string of the molecule is COc1ccc(CC(=O)NC(CCC(=O)O)Cc2ccccc2)cc1. The van der Waals surface area contributed by atoms with Crippen LogP contribution in [0, 0.1) is 0 Å². The predicted molar refractivity (Wildman–Crippen MR) is 95.6 cm³/mol. The summed E-state index contributed by atoms with van der Waals surface area (Å²) in [7, 11) is 1.60. The van der Waals surface area contributed by atoms with Crippen LogP contribution in [0.15, 0.2) is 54.6 Å². The first-order valence-electron chi connectivity index (χ1n) is 8.25. The van der Waals surface area contributed by atoms with Gasteiger partial charge < -0.3 is 15.2 Å². The van der Waals surface area contributed by atoms with E-state index >= 15 is 0 Å². The van der Waals surface area contributed by atoms with E-state index in [4.69, 9.17) is 9.84 Å². The van der Waals surface area contributed by atoms with E-state index in [2.05, 4.69) is 5.32 Å². The average Bonchev–Trinajstić information content (AvgIpc) is 2.61. The van der Waals surface area contributed by atoms with Gasteiger partial charge in [0.15, 0.2) is 0 Å². The van der Waals surface area contributed by atoms with Crippen LogP contribution in [0.3, 0.4) is 0 Å². The van der Waals surface area contributed by atoms with Crippen LogP contribution in [-0.4, -0.2) is 30.1 Å². The highest BCUT2D eigenvalue weighted by Crippen LogP contribution is 2.12. The Morgan fingerprint density at radius 3 is 2.32 bits per heavy atom. The first kappa shape index (κ1) is 18.5. The Labute approximate surface area is 147 Å². The highest BCUT2D eigenvalue weighted by atomic mass is 16.5. The van der Waals surface area contributed by atoms with Gasteiger partial charge in [0.25, 0.3) is 0 Å². The minimum absolute atomic E-state index is 0.0281. The van der Waals surface area contributed by atoms with Crippen LogP contribution in [0.25, 0.3) is 0 Å². The summed E-state index contributed by atoms with van der Waals surface area (Å²) in [5.41, 5.74) is 1.96. The monoisotopic (exact) mass is 341 g/mol. The molecule has 0 heterocycles. The van der Waals surface area contributed by atoms with E-state index in [1.54, 1.807) is 7.11 Å². The molecule has 5 nitrogen and oxygen atoms in total. The molecule has 132 valence electrons. The third kappa shape index (κ3) is 6.67. The minimum atomic E-state index is -0.859. The van der Waals surface area contributed by atoms with Crippen molar-refractivity contribution in [2.24, 2.45) is 0 Å². The summed E-state index contributed by atoms with van der Waals surface area (Å²) < 4.78 is 5.10. The molecule has 0 saturated carbocycles. The number of methoxy groups -OCH3 is 1. The molecule has 1 amide bonds. The standard InChI is InChI=1S/C20H23NO4/c1-25-18-10-7-16(8-11-18)14-19(22)21-17(9-12-20(23)24)13-15-5-3-2-4-6-15/h2-8,10-11,17H,9,12-14H2,1H3,(H,21,22)(H,23,24). The maximum absolute atomic E-state index is 12.3. The van der Waals surface area contributed by atoms with Crippen LogP contribution in [0.2, 0.25) is 0 Å². The Morgan fingerprint density at radius 1 is 1.04 bits per heavy atom. The van der Waals surface area contributed by atoms with Crippen molar-refractivity contribution in [1.82, 2.24) is 5.32 Å². The molecule has 25 heavy (non-hydrogen) atoms. The minimum Gasteiger partial charge on any atom is -0.497 e. The summed E-state index contributed by atoms with van der Waals surface area (Å²) in [4.78, 5) is 23.2. The van der Waals surface area contributed by atoms with Gasteiger partial charge in [0.2, 0.25) is 5.91 Å². The van der Waals surface area contributed by atoms with Gasteiger partial charge >= 0.3 is 5.97 Å². The molecule has 5 heteroatoms. The molecule has 0 bridgehead atoms. The summed E-state index contributed by atoms with van der Waals surface area (Å²) in [6, 6.07) is 16.9. The number of carboxylic acids is 1. The number of ether oxygens (including phenoxy) is 1. The van der Waals surface area contributed by atoms with Gasteiger partial charge in [-0.05, 0) is 36.1 Å². The van der Waals surface area contributed by atoms with E-state index in [0.29, 0.717) is 12.8 Å². The average molecular weight is 341 g/mol. The van der Waals surface area contributed by atoms with Crippen LogP contribution < -0.4 is 10.1 Å². The Bertz CT molecular complexity index is 683. The molecular formula is C20H23NO4. The van der Waals surface area contributed by atoms with Crippen molar-refractivity contribution in [2.45, 2.75) is 31.7 Å². The number of aliphatic carboxylic acids is 1. The van der Waals surface area contributed by atoms with Gasteiger partial charge in [-0.15, -0.1) is 0 Å². The molecular weight excluding hydrogens is 318 g/mol. The maximum Gasteiger partial charge on any atom is 0.303 e. The largest absolute Gasteiger partial charge is 0.497 e. The second kappa shape index (κ2) is 9.47. The summed E-state index contributed by atoms with van der Waals surface area (Å²) in [5, 5.41) is 11.9. The number of hydrogen-bond acceptors (Lipinski definition) is 3. The van der Waals surface area contributed by atoms with Gasteiger partial charge in [-0.2, -0.15) is 0 Å². The Hall–Kier alpha value is -2.82. The number of amides is 1. The van der Waals surface area contributed by atoms with Crippen LogP contribution in [-0.2, 0) is 22.4 Å². The molecule has 2 aromatic carbocycles. The fraction of sp³-hybridized carbons (Fsp3) is 0.300. The quantitative estimate of drug-likeness (QED) is 0.735. The van der Waals surface area contributed by atoms with Gasteiger partial charge in [0.05, 0.1) is 13.5 Å². The second-order valence-electron chi connectivity index (χ2n) is 5.91. The molecule has 0 spiro atoms. The Balaban J connectivity index is 1.95. The molecule has 0 aliphatic heterocycles. The molecule has 1 atom stereocenters. The zero-order chi connectivity index (χ0) is 18.1. The predicted octanol–water partition coefficient (Wildman–Crippen LogP) is 2.83. The molecule has 0 fully saturated rings. The number of hydrogen-bond donors (Lipinski definition) is 2. The Morgan fingerprint density at radius 2 is 1.72 bits per heavy atom. The second-order valence-corrected chi connectivity index (χ2v) is 5.91. The van der Waals surface area contributed by atoms with Crippen molar-refractivity contribution in [3.63, 3.8) is 0 Å². The zero-order valence-corrected chi connectivity index (χ0v) is 14.3. The first-order valence-corrected chi connectivity index (χ1v) is 8.25. The van der Waals surface area contributed by atoms with Crippen molar-refractivity contribution in [1.29, 1.82) is 0 Å². The highest BCUT2D eigenvalue weighted by molar-refractivity contribution is 5.79. The van der Waals surface area contributed by atoms with Crippen LogP contribution in [0.4, 0.5) is 0 Å². The van der Waals surface area contributed by atoms with Gasteiger partial charge in [-0.1, -0.05) is 42.5 Å². The summed E-state index contributed by atoms with van der Waals surface area (Å²) >= 11 is 0. The number of carboxylic acid groups (broad SMARTS) is 1. The first-order chi connectivity index (χ1) is 12.1.